The summed E-state index contributed by atoms with van der Waals surface area (Å²) in [5, 5.41) is 13.3. The third-order valence-electron chi connectivity index (χ3n) is 3.71. The summed E-state index contributed by atoms with van der Waals surface area (Å²) >= 11 is 3.40. The van der Waals surface area contributed by atoms with Crippen LogP contribution < -0.4 is 0 Å². The standard InChI is InChI=1S/C15H14BrN3O3/c16-11-2-1-3-12(8-11)19-7-5-13(17-19)14(20)18-6-4-10(9-18)15(21)22/h1-3,5,7-8,10H,4,6,9H2,(H,21,22)/t10-/m1/s1. The molecule has 0 aliphatic carbocycles. The summed E-state index contributed by atoms with van der Waals surface area (Å²) in [5.41, 5.74) is 1.17. The van der Waals surface area contributed by atoms with Gasteiger partial charge in [0.25, 0.3) is 5.91 Å². The molecule has 3 rings (SSSR count). The van der Waals surface area contributed by atoms with Crippen LogP contribution in [0.15, 0.2) is 41.0 Å². The molecule has 0 bridgehead atoms. The van der Waals surface area contributed by atoms with Gasteiger partial charge < -0.3 is 10.0 Å². The van der Waals surface area contributed by atoms with E-state index in [0.29, 0.717) is 18.7 Å². The van der Waals surface area contributed by atoms with Crippen LogP contribution in [0.2, 0.25) is 0 Å². The third-order valence-corrected chi connectivity index (χ3v) is 4.20. The van der Waals surface area contributed by atoms with Crippen molar-refractivity contribution in [3.63, 3.8) is 0 Å². The Hall–Kier alpha value is -2.15. The number of carboxylic acid groups (broad SMARTS) is 1. The molecule has 7 heteroatoms. The van der Waals surface area contributed by atoms with Crippen molar-refractivity contribution in [2.45, 2.75) is 6.42 Å². The first kappa shape index (κ1) is 14.8. The van der Waals surface area contributed by atoms with Crippen molar-refractivity contribution in [3.05, 3.63) is 46.7 Å². The molecule has 1 aromatic carbocycles. The predicted octanol–water partition coefficient (Wildman–Crippen LogP) is 2.18. The van der Waals surface area contributed by atoms with Crippen molar-refractivity contribution in [3.8, 4) is 5.69 Å². The highest BCUT2D eigenvalue weighted by molar-refractivity contribution is 9.10. The first-order chi connectivity index (χ1) is 10.5. The average Bonchev–Trinajstić information content (AvgIpc) is 3.16. The van der Waals surface area contributed by atoms with Crippen LogP contribution in [0.25, 0.3) is 5.69 Å². The number of hydrogen-bond donors (Lipinski definition) is 1. The molecule has 22 heavy (non-hydrogen) atoms. The molecule has 0 saturated carbocycles. The number of aliphatic carboxylic acids is 1. The van der Waals surface area contributed by atoms with Crippen molar-refractivity contribution >= 4 is 27.8 Å². The molecular weight excluding hydrogens is 350 g/mol. The topological polar surface area (TPSA) is 75.4 Å². The summed E-state index contributed by atoms with van der Waals surface area (Å²) in [7, 11) is 0. The van der Waals surface area contributed by atoms with Crippen molar-refractivity contribution in [2.24, 2.45) is 5.92 Å². The predicted molar refractivity (Wildman–Crippen MR) is 82.9 cm³/mol. The molecular formula is C15H14BrN3O3. The summed E-state index contributed by atoms with van der Waals surface area (Å²) in [5.74, 6) is -1.55. The van der Waals surface area contributed by atoms with Crippen LogP contribution in [-0.4, -0.2) is 44.8 Å². The lowest BCUT2D eigenvalue weighted by molar-refractivity contribution is -0.141. The smallest absolute Gasteiger partial charge is 0.308 e. The van der Waals surface area contributed by atoms with Crippen molar-refractivity contribution in [2.75, 3.05) is 13.1 Å². The fourth-order valence-corrected chi connectivity index (χ4v) is 2.90. The van der Waals surface area contributed by atoms with Gasteiger partial charge in [-0.25, -0.2) is 4.68 Å². The maximum Gasteiger partial charge on any atom is 0.308 e. The molecule has 1 atom stereocenters. The summed E-state index contributed by atoms with van der Waals surface area (Å²) in [4.78, 5) is 24.9. The maximum atomic E-state index is 12.4. The molecule has 2 heterocycles. The van der Waals surface area contributed by atoms with Gasteiger partial charge in [-0.05, 0) is 30.7 Å². The van der Waals surface area contributed by atoms with Gasteiger partial charge in [-0.1, -0.05) is 22.0 Å². The third kappa shape index (κ3) is 2.89. The number of aromatic nitrogens is 2. The highest BCUT2D eigenvalue weighted by atomic mass is 79.9. The van der Waals surface area contributed by atoms with E-state index in [2.05, 4.69) is 21.0 Å². The molecule has 1 fully saturated rings. The second-order valence-electron chi connectivity index (χ2n) is 5.20. The fraction of sp³-hybridized carbons (Fsp3) is 0.267. The van der Waals surface area contributed by atoms with Crippen LogP contribution in [0.4, 0.5) is 0 Å². The highest BCUT2D eigenvalue weighted by Crippen LogP contribution is 2.19. The van der Waals surface area contributed by atoms with E-state index in [4.69, 9.17) is 5.11 Å². The second kappa shape index (κ2) is 5.92. The van der Waals surface area contributed by atoms with Gasteiger partial charge in [-0.2, -0.15) is 5.10 Å². The first-order valence-corrected chi connectivity index (χ1v) is 7.67. The zero-order valence-electron chi connectivity index (χ0n) is 11.6. The number of carbonyl (C=O) groups excluding carboxylic acids is 1. The van der Waals surface area contributed by atoms with Gasteiger partial charge in [-0.3, -0.25) is 9.59 Å². The van der Waals surface area contributed by atoms with Crippen LogP contribution in [0, 0.1) is 5.92 Å². The molecule has 1 N–H and O–H groups in total. The molecule has 114 valence electrons. The Morgan fingerprint density at radius 1 is 1.32 bits per heavy atom. The number of hydrogen-bond acceptors (Lipinski definition) is 3. The molecule has 1 aliphatic heterocycles. The zero-order chi connectivity index (χ0) is 15.7. The molecule has 1 saturated heterocycles. The van der Waals surface area contributed by atoms with E-state index in [1.165, 1.54) is 0 Å². The van der Waals surface area contributed by atoms with Crippen LogP contribution in [-0.2, 0) is 4.79 Å². The Balaban J connectivity index is 1.77. The zero-order valence-corrected chi connectivity index (χ0v) is 13.2. The van der Waals surface area contributed by atoms with E-state index in [9.17, 15) is 9.59 Å². The van der Waals surface area contributed by atoms with Gasteiger partial charge in [0.05, 0.1) is 11.6 Å². The largest absolute Gasteiger partial charge is 0.481 e. The molecule has 1 aromatic heterocycles. The summed E-state index contributed by atoms with van der Waals surface area (Å²) in [6.07, 6.45) is 2.22. The van der Waals surface area contributed by atoms with Crippen LogP contribution in [0.3, 0.4) is 0 Å². The SMILES string of the molecule is O=C(O)[C@@H]1CCN(C(=O)c2ccn(-c3cccc(Br)c3)n2)C1. The minimum Gasteiger partial charge on any atom is -0.481 e. The van der Waals surface area contributed by atoms with E-state index in [0.717, 1.165) is 10.2 Å². The van der Waals surface area contributed by atoms with Crippen LogP contribution in [0.5, 0.6) is 0 Å². The average molecular weight is 364 g/mol. The Morgan fingerprint density at radius 3 is 2.82 bits per heavy atom. The van der Waals surface area contributed by atoms with Crippen LogP contribution >= 0.6 is 15.9 Å². The van der Waals surface area contributed by atoms with Crippen molar-refractivity contribution in [1.82, 2.24) is 14.7 Å². The summed E-state index contributed by atoms with van der Waals surface area (Å²) in [6, 6.07) is 9.24. The number of likely N-dealkylation sites (tertiary alicyclic amines) is 1. The number of benzene rings is 1. The molecule has 2 aromatic rings. The molecule has 0 unspecified atom stereocenters. The Morgan fingerprint density at radius 2 is 2.14 bits per heavy atom. The second-order valence-corrected chi connectivity index (χ2v) is 6.12. The number of amides is 1. The minimum atomic E-state index is -0.852. The minimum absolute atomic E-state index is 0.225. The monoisotopic (exact) mass is 363 g/mol. The lowest BCUT2D eigenvalue weighted by Crippen LogP contribution is -2.30. The maximum absolute atomic E-state index is 12.4. The number of halogens is 1. The first-order valence-electron chi connectivity index (χ1n) is 6.88. The van der Waals surface area contributed by atoms with Crippen molar-refractivity contribution in [1.29, 1.82) is 0 Å². The van der Waals surface area contributed by atoms with Gasteiger partial charge in [0.15, 0.2) is 5.69 Å². The Labute approximate surface area is 135 Å². The number of carbonyl (C=O) groups is 2. The van der Waals surface area contributed by atoms with Gasteiger partial charge >= 0.3 is 5.97 Å². The molecule has 6 nitrogen and oxygen atoms in total. The van der Waals surface area contributed by atoms with E-state index < -0.39 is 11.9 Å². The quantitative estimate of drug-likeness (QED) is 0.906. The van der Waals surface area contributed by atoms with E-state index in [-0.39, 0.29) is 12.5 Å². The lowest BCUT2D eigenvalue weighted by Gasteiger charge is -2.13. The molecule has 1 amide bonds. The van der Waals surface area contributed by atoms with Gasteiger partial charge in [0.1, 0.15) is 0 Å². The summed E-state index contributed by atoms with van der Waals surface area (Å²) < 4.78 is 2.56. The Bertz CT molecular complexity index is 728. The van der Waals surface area contributed by atoms with Gasteiger partial charge in [-0.15, -0.1) is 0 Å². The molecule has 0 radical (unpaired) electrons. The highest BCUT2D eigenvalue weighted by Gasteiger charge is 2.32. The normalized spacial score (nSPS) is 17.7. The fourth-order valence-electron chi connectivity index (χ4n) is 2.51. The van der Waals surface area contributed by atoms with E-state index >= 15 is 0 Å². The molecule has 1 aliphatic rings. The Kier molecular flexibility index (Phi) is 3.98. The molecule has 0 spiro atoms. The van der Waals surface area contributed by atoms with E-state index in [1.807, 2.05) is 24.3 Å². The lowest BCUT2D eigenvalue weighted by atomic mass is 10.1. The van der Waals surface area contributed by atoms with Gasteiger partial charge in [0, 0.05) is 23.8 Å². The number of rotatable bonds is 3. The van der Waals surface area contributed by atoms with E-state index in [1.54, 1.807) is 21.8 Å². The number of carboxylic acids is 1. The van der Waals surface area contributed by atoms with Crippen LogP contribution in [0.1, 0.15) is 16.9 Å². The summed E-state index contributed by atoms with van der Waals surface area (Å²) in [6.45, 7) is 0.706. The van der Waals surface area contributed by atoms with Gasteiger partial charge in [0.2, 0.25) is 0 Å². The number of nitrogens with zero attached hydrogens (tertiary/aromatic N) is 3. The van der Waals surface area contributed by atoms with Crippen molar-refractivity contribution < 1.29 is 14.7 Å².